The van der Waals surface area contributed by atoms with Gasteiger partial charge in [-0.3, -0.25) is 9.78 Å². The Labute approximate surface area is 114 Å². The summed E-state index contributed by atoms with van der Waals surface area (Å²) in [7, 11) is 0. The fraction of sp³-hybridized carbons (Fsp3) is 0.455. The molecule has 1 heterocycles. The molecule has 98 valence electrons. The number of amides is 1. The zero-order valence-electron chi connectivity index (χ0n) is 9.97. The molecule has 1 aromatic heterocycles. The predicted molar refractivity (Wildman–Crippen MR) is 75.0 cm³/mol. The molecule has 1 rings (SSSR count). The lowest BCUT2D eigenvalue weighted by Gasteiger charge is -2.06. The third kappa shape index (κ3) is 7.96. The number of halogens is 2. The van der Waals surface area contributed by atoms with E-state index in [1.165, 1.54) is 0 Å². The number of nitrogens with two attached hydrogens (primary N) is 1. The van der Waals surface area contributed by atoms with Crippen molar-refractivity contribution < 1.29 is 4.79 Å². The second kappa shape index (κ2) is 9.22. The van der Waals surface area contributed by atoms with Crippen LogP contribution in [0.15, 0.2) is 18.3 Å². The molecule has 0 radical (unpaired) electrons. The number of carbonyl (C=O) groups is 1. The van der Waals surface area contributed by atoms with E-state index in [1.807, 2.05) is 19.9 Å². The molecule has 0 spiro atoms. The van der Waals surface area contributed by atoms with E-state index < -0.39 is 0 Å². The molecule has 0 aliphatic rings. The molecule has 4 nitrogen and oxygen atoms in total. The highest BCUT2D eigenvalue weighted by Crippen LogP contribution is 2.08. The maximum absolute atomic E-state index is 11.4. The second-order valence-electron chi connectivity index (χ2n) is 3.75. The first-order chi connectivity index (χ1) is 7.08. The van der Waals surface area contributed by atoms with Gasteiger partial charge >= 0.3 is 0 Å². The van der Waals surface area contributed by atoms with Crippen LogP contribution in [0.2, 0.25) is 0 Å². The molecule has 0 aromatic carbocycles. The largest absolute Gasteiger partial charge is 0.328 e. The van der Waals surface area contributed by atoms with Crippen molar-refractivity contribution in [2.75, 3.05) is 5.32 Å². The third-order valence-electron chi connectivity index (χ3n) is 2.01. The molecule has 0 fully saturated rings. The number of nitrogens with zero attached hydrogens (tertiary/aromatic N) is 1. The zero-order chi connectivity index (χ0) is 11.3. The number of aryl methyl sites for hydroxylation is 1. The Morgan fingerprint density at radius 1 is 1.53 bits per heavy atom. The van der Waals surface area contributed by atoms with Crippen molar-refractivity contribution in [3.05, 3.63) is 24.0 Å². The summed E-state index contributed by atoms with van der Waals surface area (Å²) in [6, 6.07) is 3.68. The minimum Gasteiger partial charge on any atom is -0.328 e. The molecular formula is C11H19Cl2N3O. The van der Waals surface area contributed by atoms with Gasteiger partial charge in [-0.05, 0) is 32.4 Å². The summed E-state index contributed by atoms with van der Waals surface area (Å²) in [5.41, 5.74) is 7.25. The summed E-state index contributed by atoms with van der Waals surface area (Å²) in [5.74, 6) is -0.00194. The van der Waals surface area contributed by atoms with Crippen LogP contribution in [0.4, 0.5) is 5.69 Å². The smallest absolute Gasteiger partial charge is 0.224 e. The maximum atomic E-state index is 11.4. The van der Waals surface area contributed by atoms with Gasteiger partial charge in [-0.15, -0.1) is 24.8 Å². The normalized spacial score (nSPS) is 10.8. The van der Waals surface area contributed by atoms with E-state index in [4.69, 9.17) is 5.73 Å². The van der Waals surface area contributed by atoms with E-state index in [0.29, 0.717) is 12.8 Å². The summed E-state index contributed by atoms with van der Waals surface area (Å²) < 4.78 is 0. The number of pyridine rings is 1. The minimum atomic E-state index is -0.00194. The van der Waals surface area contributed by atoms with Crippen LogP contribution in [0.25, 0.3) is 0 Å². The Morgan fingerprint density at radius 3 is 2.71 bits per heavy atom. The number of anilines is 1. The van der Waals surface area contributed by atoms with Crippen molar-refractivity contribution >= 4 is 36.4 Å². The number of hydrogen-bond donors (Lipinski definition) is 2. The topological polar surface area (TPSA) is 68.0 Å². The van der Waals surface area contributed by atoms with Gasteiger partial charge in [0.05, 0.1) is 0 Å². The fourth-order valence-electron chi connectivity index (χ4n) is 1.21. The van der Waals surface area contributed by atoms with Crippen LogP contribution >= 0.6 is 24.8 Å². The van der Waals surface area contributed by atoms with Crippen LogP contribution in [0, 0.1) is 6.92 Å². The van der Waals surface area contributed by atoms with Crippen molar-refractivity contribution in [1.82, 2.24) is 4.98 Å². The lowest BCUT2D eigenvalue weighted by molar-refractivity contribution is -0.116. The quantitative estimate of drug-likeness (QED) is 0.889. The second-order valence-corrected chi connectivity index (χ2v) is 3.75. The number of hydrogen-bond acceptors (Lipinski definition) is 3. The van der Waals surface area contributed by atoms with Crippen LogP contribution in [0.5, 0.6) is 0 Å². The number of carbonyl (C=O) groups excluding carboxylic acids is 1. The molecule has 17 heavy (non-hydrogen) atoms. The van der Waals surface area contributed by atoms with Crippen molar-refractivity contribution in [3.63, 3.8) is 0 Å². The number of aromatic nitrogens is 1. The summed E-state index contributed by atoms with van der Waals surface area (Å²) in [6.07, 6.45) is 2.84. The Hall–Kier alpha value is -0.840. The molecule has 0 saturated heterocycles. The average molecular weight is 280 g/mol. The van der Waals surface area contributed by atoms with E-state index >= 15 is 0 Å². The Kier molecular flexibility index (Phi) is 10.0. The van der Waals surface area contributed by atoms with Crippen LogP contribution in [0.3, 0.4) is 0 Å². The van der Waals surface area contributed by atoms with Crippen molar-refractivity contribution in [1.29, 1.82) is 0 Å². The van der Waals surface area contributed by atoms with Crippen LogP contribution in [-0.4, -0.2) is 16.9 Å². The highest BCUT2D eigenvalue weighted by atomic mass is 35.5. The summed E-state index contributed by atoms with van der Waals surface area (Å²) >= 11 is 0. The van der Waals surface area contributed by atoms with Gasteiger partial charge in [0.15, 0.2) is 0 Å². The van der Waals surface area contributed by atoms with Gasteiger partial charge in [0.1, 0.15) is 0 Å². The molecule has 6 heteroatoms. The summed E-state index contributed by atoms with van der Waals surface area (Å²) in [6.45, 7) is 3.78. The van der Waals surface area contributed by atoms with Gasteiger partial charge < -0.3 is 11.1 Å². The van der Waals surface area contributed by atoms with Gasteiger partial charge in [0.25, 0.3) is 0 Å². The van der Waals surface area contributed by atoms with Gasteiger partial charge in [0.2, 0.25) is 5.91 Å². The Balaban J connectivity index is 0. The predicted octanol–water partition coefficient (Wildman–Crippen LogP) is 2.30. The first-order valence-electron chi connectivity index (χ1n) is 5.06. The molecule has 3 N–H and O–H groups in total. The van der Waals surface area contributed by atoms with Crippen LogP contribution < -0.4 is 11.1 Å². The first-order valence-corrected chi connectivity index (χ1v) is 5.06. The standard InChI is InChI=1S/C11H17N3O.2ClH/c1-8(12)3-4-11(15)14-10-5-6-13-9(2)7-10;;/h5-8H,3-4,12H2,1-2H3,(H,13,14,15);2*1H. The van der Waals surface area contributed by atoms with Crippen molar-refractivity contribution in [3.8, 4) is 0 Å². The average Bonchev–Trinajstić information content (AvgIpc) is 2.15. The molecule has 1 amide bonds. The number of rotatable bonds is 4. The maximum Gasteiger partial charge on any atom is 0.224 e. The lowest BCUT2D eigenvalue weighted by Crippen LogP contribution is -2.19. The van der Waals surface area contributed by atoms with Crippen LogP contribution in [0.1, 0.15) is 25.5 Å². The summed E-state index contributed by atoms with van der Waals surface area (Å²) in [4.78, 5) is 15.5. The lowest BCUT2D eigenvalue weighted by atomic mass is 10.2. The van der Waals surface area contributed by atoms with Gasteiger partial charge in [0, 0.05) is 30.0 Å². The molecule has 1 unspecified atom stereocenters. The van der Waals surface area contributed by atoms with Crippen molar-refractivity contribution in [2.45, 2.75) is 32.7 Å². The van der Waals surface area contributed by atoms with Gasteiger partial charge in [-0.25, -0.2) is 0 Å². The zero-order valence-corrected chi connectivity index (χ0v) is 11.6. The van der Waals surface area contributed by atoms with E-state index in [0.717, 1.165) is 11.4 Å². The monoisotopic (exact) mass is 279 g/mol. The highest BCUT2D eigenvalue weighted by Gasteiger charge is 2.04. The Bertz CT molecular complexity index is 345. The van der Waals surface area contributed by atoms with Crippen LogP contribution in [-0.2, 0) is 4.79 Å². The van der Waals surface area contributed by atoms with E-state index in [2.05, 4.69) is 10.3 Å². The van der Waals surface area contributed by atoms with Gasteiger partial charge in [-0.1, -0.05) is 0 Å². The third-order valence-corrected chi connectivity index (χ3v) is 2.01. The Morgan fingerprint density at radius 2 is 2.18 bits per heavy atom. The molecule has 0 bridgehead atoms. The van der Waals surface area contributed by atoms with E-state index in [9.17, 15) is 4.79 Å². The van der Waals surface area contributed by atoms with Crippen molar-refractivity contribution in [2.24, 2.45) is 5.73 Å². The summed E-state index contributed by atoms with van der Waals surface area (Å²) in [5, 5.41) is 2.80. The highest BCUT2D eigenvalue weighted by molar-refractivity contribution is 5.90. The van der Waals surface area contributed by atoms with Gasteiger partial charge in [-0.2, -0.15) is 0 Å². The fourth-order valence-corrected chi connectivity index (χ4v) is 1.21. The molecule has 0 saturated carbocycles. The SMILES string of the molecule is Cc1cc(NC(=O)CCC(C)N)ccn1.Cl.Cl. The molecule has 0 aliphatic carbocycles. The first kappa shape index (κ1) is 18.5. The number of nitrogens with one attached hydrogen (secondary N) is 1. The molecule has 1 atom stereocenters. The molecule has 1 aromatic rings. The molecule has 0 aliphatic heterocycles. The minimum absolute atomic E-state index is 0. The molecular weight excluding hydrogens is 261 g/mol. The van der Waals surface area contributed by atoms with E-state index in [-0.39, 0.29) is 36.8 Å². The van der Waals surface area contributed by atoms with E-state index in [1.54, 1.807) is 12.3 Å².